The van der Waals surface area contributed by atoms with Crippen LogP contribution in [-0.4, -0.2) is 37.0 Å². The maximum atomic E-state index is 14.0. The first-order valence-electron chi connectivity index (χ1n) is 12.6. The van der Waals surface area contributed by atoms with Gasteiger partial charge in [-0.3, -0.25) is 9.59 Å². The smallest absolute Gasteiger partial charge is 0.254 e. The van der Waals surface area contributed by atoms with Crippen molar-refractivity contribution in [3.63, 3.8) is 0 Å². The highest BCUT2D eigenvalue weighted by molar-refractivity contribution is 6.04. The molecule has 1 saturated carbocycles. The summed E-state index contributed by atoms with van der Waals surface area (Å²) >= 11 is 0. The van der Waals surface area contributed by atoms with Gasteiger partial charge in [0, 0.05) is 17.3 Å². The minimum Gasteiger partial charge on any atom is -0.497 e. The SMILES string of the molecule is COc1ccc(NC(=O)C2c3ccccc3C(=O)N(C3CCCCC3)C2c2ccc(OC)cc2)cc1. The molecule has 0 saturated heterocycles. The Morgan fingerprint density at radius 1 is 0.833 bits per heavy atom. The molecule has 0 radical (unpaired) electrons. The normalized spacial score (nSPS) is 19.9. The molecule has 6 nitrogen and oxygen atoms in total. The van der Waals surface area contributed by atoms with Gasteiger partial charge in [-0.2, -0.15) is 0 Å². The van der Waals surface area contributed by atoms with Gasteiger partial charge in [-0.1, -0.05) is 49.6 Å². The number of benzene rings is 3. The zero-order chi connectivity index (χ0) is 25.1. The predicted molar refractivity (Wildman–Crippen MR) is 140 cm³/mol. The van der Waals surface area contributed by atoms with Crippen molar-refractivity contribution in [2.45, 2.75) is 50.1 Å². The van der Waals surface area contributed by atoms with Crippen molar-refractivity contribution in [3.05, 3.63) is 89.5 Å². The Morgan fingerprint density at radius 2 is 1.44 bits per heavy atom. The number of amides is 2. The van der Waals surface area contributed by atoms with Gasteiger partial charge >= 0.3 is 0 Å². The van der Waals surface area contributed by atoms with E-state index in [2.05, 4.69) is 5.32 Å². The van der Waals surface area contributed by atoms with Crippen LogP contribution in [0.5, 0.6) is 11.5 Å². The number of carbonyl (C=O) groups excluding carboxylic acids is 2. The van der Waals surface area contributed by atoms with E-state index in [1.807, 2.05) is 77.7 Å². The number of methoxy groups -OCH3 is 2. The molecule has 1 fully saturated rings. The van der Waals surface area contributed by atoms with Crippen LogP contribution in [0.25, 0.3) is 0 Å². The van der Waals surface area contributed by atoms with E-state index in [1.54, 1.807) is 14.2 Å². The Bertz CT molecular complexity index is 1220. The second-order valence-electron chi connectivity index (χ2n) is 9.50. The summed E-state index contributed by atoms with van der Waals surface area (Å²) in [4.78, 5) is 30.0. The molecule has 2 aliphatic rings. The van der Waals surface area contributed by atoms with Crippen LogP contribution < -0.4 is 14.8 Å². The van der Waals surface area contributed by atoms with Crippen molar-refractivity contribution in [3.8, 4) is 11.5 Å². The third-order valence-corrected chi connectivity index (χ3v) is 7.44. The molecule has 0 bridgehead atoms. The van der Waals surface area contributed by atoms with Gasteiger partial charge in [0.25, 0.3) is 5.91 Å². The molecule has 5 rings (SSSR count). The maximum absolute atomic E-state index is 14.0. The molecule has 0 aromatic heterocycles. The van der Waals surface area contributed by atoms with E-state index in [-0.39, 0.29) is 17.9 Å². The third kappa shape index (κ3) is 4.55. The fourth-order valence-corrected chi connectivity index (χ4v) is 5.64. The topological polar surface area (TPSA) is 67.9 Å². The lowest BCUT2D eigenvalue weighted by Crippen LogP contribution is -2.51. The van der Waals surface area contributed by atoms with Gasteiger partial charge in [-0.05, 0) is 66.4 Å². The first kappa shape index (κ1) is 23.9. The number of hydrogen-bond donors (Lipinski definition) is 1. The van der Waals surface area contributed by atoms with Crippen LogP contribution in [0.15, 0.2) is 72.8 Å². The number of carbonyl (C=O) groups is 2. The molecule has 2 amide bonds. The highest BCUT2D eigenvalue weighted by Crippen LogP contribution is 2.46. The average Bonchev–Trinajstić information content (AvgIpc) is 2.94. The van der Waals surface area contributed by atoms with Crippen LogP contribution in [0.4, 0.5) is 5.69 Å². The summed E-state index contributed by atoms with van der Waals surface area (Å²) in [5.74, 6) is 0.774. The van der Waals surface area contributed by atoms with Gasteiger partial charge in [0.05, 0.1) is 26.2 Å². The fraction of sp³-hybridized carbons (Fsp3) is 0.333. The highest BCUT2D eigenvalue weighted by atomic mass is 16.5. The van der Waals surface area contributed by atoms with Crippen molar-refractivity contribution in [1.82, 2.24) is 4.90 Å². The Labute approximate surface area is 212 Å². The molecule has 1 aliphatic heterocycles. The van der Waals surface area contributed by atoms with E-state index in [0.29, 0.717) is 11.3 Å². The molecular formula is C30H32N2O4. The standard InChI is InChI=1S/C30H32N2O4/c1-35-23-16-12-20(13-17-23)28-27(29(33)31-21-14-18-24(36-2)19-15-21)25-10-6-7-11-26(25)30(34)32(28)22-8-4-3-5-9-22/h6-7,10-19,22,27-28H,3-5,8-9H2,1-2H3,(H,31,33). The van der Waals surface area contributed by atoms with Crippen LogP contribution in [0, 0.1) is 0 Å². The molecule has 1 aliphatic carbocycles. The van der Waals surface area contributed by atoms with E-state index in [0.717, 1.165) is 48.3 Å². The summed E-state index contributed by atoms with van der Waals surface area (Å²) in [5, 5.41) is 3.11. The van der Waals surface area contributed by atoms with Crippen molar-refractivity contribution in [1.29, 1.82) is 0 Å². The molecule has 1 heterocycles. The van der Waals surface area contributed by atoms with E-state index >= 15 is 0 Å². The molecule has 2 atom stereocenters. The summed E-state index contributed by atoms with van der Waals surface area (Å²) in [6, 6.07) is 22.3. The quantitative estimate of drug-likeness (QED) is 0.469. The molecule has 2 unspecified atom stereocenters. The highest BCUT2D eigenvalue weighted by Gasteiger charge is 2.46. The van der Waals surface area contributed by atoms with E-state index in [1.165, 1.54) is 6.42 Å². The summed E-state index contributed by atoms with van der Waals surface area (Å²) in [5.41, 5.74) is 3.00. The lowest BCUT2D eigenvalue weighted by Gasteiger charge is -2.46. The molecule has 186 valence electrons. The Kier molecular flexibility index (Phi) is 6.94. The van der Waals surface area contributed by atoms with Crippen molar-refractivity contribution < 1.29 is 19.1 Å². The van der Waals surface area contributed by atoms with Crippen LogP contribution in [0.1, 0.15) is 65.5 Å². The number of hydrogen-bond acceptors (Lipinski definition) is 4. The van der Waals surface area contributed by atoms with Gasteiger partial charge in [-0.25, -0.2) is 0 Å². The van der Waals surface area contributed by atoms with Crippen LogP contribution >= 0.6 is 0 Å². The number of anilines is 1. The Balaban J connectivity index is 1.61. The number of rotatable bonds is 6. The molecule has 1 N–H and O–H groups in total. The Morgan fingerprint density at radius 3 is 2.08 bits per heavy atom. The summed E-state index contributed by atoms with van der Waals surface area (Å²) in [7, 11) is 3.25. The van der Waals surface area contributed by atoms with E-state index < -0.39 is 12.0 Å². The molecule has 0 spiro atoms. The fourth-order valence-electron chi connectivity index (χ4n) is 5.64. The van der Waals surface area contributed by atoms with Gasteiger partial charge in [0.1, 0.15) is 11.5 Å². The monoisotopic (exact) mass is 484 g/mol. The summed E-state index contributed by atoms with van der Waals surface area (Å²) < 4.78 is 10.6. The summed E-state index contributed by atoms with van der Waals surface area (Å²) in [6.45, 7) is 0. The molecule has 36 heavy (non-hydrogen) atoms. The van der Waals surface area contributed by atoms with Crippen LogP contribution in [0.3, 0.4) is 0 Å². The number of nitrogens with one attached hydrogen (secondary N) is 1. The first-order chi connectivity index (χ1) is 17.6. The van der Waals surface area contributed by atoms with Crippen molar-refractivity contribution >= 4 is 17.5 Å². The van der Waals surface area contributed by atoms with Gasteiger partial charge < -0.3 is 19.7 Å². The number of nitrogens with zero attached hydrogens (tertiary/aromatic N) is 1. The van der Waals surface area contributed by atoms with Crippen LogP contribution in [-0.2, 0) is 4.79 Å². The minimum atomic E-state index is -0.559. The first-order valence-corrected chi connectivity index (χ1v) is 12.6. The lowest BCUT2D eigenvalue weighted by atomic mass is 9.77. The molecule has 3 aromatic carbocycles. The van der Waals surface area contributed by atoms with Gasteiger partial charge in [-0.15, -0.1) is 0 Å². The number of fused-ring (bicyclic) bond motifs is 1. The summed E-state index contributed by atoms with van der Waals surface area (Å²) in [6.07, 6.45) is 5.27. The molecule has 3 aromatic rings. The zero-order valence-corrected chi connectivity index (χ0v) is 20.8. The maximum Gasteiger partial charge on any atom is 0.254 e. The van der Waals surface area contributed by atoms with Gasteiger partial charge in [0.15, 0.2) is 0 Å². The lowest BCUT2D eigenvalue weighted by molar-refractivity contribution is -0.119. The average molecular weight is 485 g/mol. The number of ether oxygens (including phenoxy) is 2. The predicted octanol–water partition coefficient (Wildman–Crippen LogP) is 5.96. The zero-order valence-electron chi connectivity index (χ0n) is 20.8. The minimum absolute atomic E-state index is 0.00631. The Hall–Kier alpha value is -3.80. The molecular weight excluding hydrogens is 452 g/mol. The van der Waals surface area contributed by atoms with Crippen molar-refractivity contribution in [2.75, 3.05) is 19.5 Å². The van der Waals surface area contributed by atoms with Crippen molar-refractivity contribution in [2.24, 2.45) is 0 Å². The van der Waals surface area contributed by atoms with Crippen LogP contribution in [0.2, 0.25) is 0 Å². The second kappa shape index (κ2) is 10.4. The van der Waals surface area contributed by atoms with E-state index in [4.69, 9.17) is 9.47 Å². The second-order valence-corrected chi connectivity index (χ2v) is 9.50. The molecule has 6 heteroatoms. The third-order valence-electron chi connectivity index (χ3n) is 7.44. The largest absolute Gasteiger partial charge is 0.497 e. The van der Waals surface area contributed by atoms with Gasteiger partial charge in [0.2, 0.25) is 5.91 Å². The van der Waals surface area contributed by atoms with E-state index in [9.17, 15) is 9.59 Å².